The lowest BCUT2D eigenvalue weighted by Crippen LogP contribution is -2.58. The number of rotatable bonds is 6. The number of hydrogen-bond acceptors (Lipinski definition) is 5. The Morgan fingerprint density at radius 1 is 1.12 bits per heavy atom. The molecule has 0 N–H and O–H groups in total. The zero-order chi connectivity index (χ0) is 24.0. The second-order valence-corrected chi connectivity index (χ2v) is 8.96. The van der Waals surface area contributed by atoms with Crippen LogP contribution in [0.5, 0.6) is 0 Å². The topological polar surface area (TPSA) is 65.8 Å². The monoisotopic (exact) mass is 457 g/mol. The average Bonchev–Trinajstić information content (AvgIpc) is 2.78. The first kappa shape index (κ1) is 24.6. The number of carbonyl (C=O) groups is 1. The molecule has 2 aromatic rings. The molecule has 8 heteroatoms. The van der Waals surface area contributed by atoms with E-state index in [2.05, 4.69) is 11.0 Å². The van der Waals surface area contributed by atoms with Gasteiger partial charge in [0.1, 0.15) is 5.60 Å². The van der Waals surface area contributed by atoms with Crippen molar-refractivity contribution in [3.05, 3.63) is 71.3 Å². The number of benzene rings is 2. The summed E-state index contributed by atoms with van der Waals surface area (Å²) < 4.78 is 36.1. The molecule has 2 atom stereocenters. The molecule has 1 unspecified atom stereocenters. The number of halogens is 2. The van der Waals surface area contributed by atoms with Gasteiger partial charge in [-0.2, -0.15) is 14.0 Å². The summed E-state index contributed by atoms with van der Waals surface area (Å²) in [6.45, 7) is 3.17. The Hall–Kier alpha value is -3.02. The number of alkyl halides is 2. The highest BCUT2D eigenvalue weighted by Gasteiger charge is 2.37. The van der Waals surface area contributed by atoms with Crippen molar-refractivity contribution in [3.8, 4) is 6.07 Å². The van der Waals surface area contributed by atoms with Gasteiger partial charge in [0.05, 0.1) is 30.3 Å². The van der Waals surface area contributed by atoms with Crippen molar-refractivity contribution < 1.29 is 23.0 Å². The highest BCUT2D eigenvalue weighted by molar-refractivity contribution is 5.68. The van der Waals surface area contributed by atoms with E-state index in [4.69, 9.17) is 9.47 Å². The third kappa shape index (κ3) is 6.73. The summed E-state index contributed by atoms with van der Waals surface area (Å²) >= 11 is 0. The fraction of sp³-hybridized carbons (Fsp3) is 0.440. The molecule has 3 rings (SSSR count). The maximum atomic E-state index is 13.0. The summed E-state index contributed by atoms with van der Waals surface area (Å²) in [4.78, 5) is 16.3. The number of hydrogen-bond donors (Lipinski definition) is 0. The van der Waals surface area contributed by atoms with Crippen LogP contribution < -0.4 is 0 Å². The van der Waals surface area contributed by atoms with Gasteiger partial charge in [-0.15, -0.1) is 0 Å². The van der Waals surface area contributed by atoms with Gasteiger partial charge in [-0.3, -0.25) is 4.90 Å². The van der Waals surface area contributed by atoms with Crippen LogP contribution in [0.25, 0.3) is 0 Å². The quantitative estimate of drug-likeness (QED) is 0.623. The number of ether oxygens (including phenoxy) is 2. The van der Waals surface area contributed by atoms with Crippen LogP contribution in [0.15, 0.2) is 54.6 Å². The minimum absolute atomic E-state index is 0.183. The summed E-state index contributed by atoms with van der Waals surface area (Å²) in [5.74, 6) is 0. The third-order valence-electron chi connectivity index (χ3n) is 5.37. The van der Waals surface area contributed by atoms with Crippen LogP contribution in [0.4, 0.5) is 13.6 Å². The molecule has 1 saturated heterocycles. The summed E-state index contributed by atoms with van der Waals surface area (Å²) in [7, 11) is 0. The summed E-state index contributed by atoms with van der Waals surface area (Å²) in [6, 6.07) is 18.3. The summed E-state index contributed by atoms with van der Waals surface area (Å²) in [5.41, 5.74) is 1.68. The fourth-order valence-corrected chi connectivity index (χ4v) is 4.02. The van der Waals surface area contributed by atoms with Crippen molar-refractivity contribution >= 4 is 6.09 Å². The molecule has 0 aromatic heterocycles. The number of piperazine rings is 1. The molecule has 176 valence electrons. The van der Waals surface area contributed by atoms with Gasteiger partial charge in [0, 0.05) is 19.6 Å². The second-order valence-electron chi connectivity index (χ2n) is 8.96. The van der Waals surface area contributed by atoms with Gasteiger partial charge in [-0.25, -0.2) is 4.79 Å². The molecule has 0 aliphatic carbocycles. The highest BCUT2D eigenvalue weighted by atomic mass is 19.3. The Kier molecular flexibility index (Phi) is 8.01. The second kappa shape index (κ2) is 10.7. The molecule has 1 aliphatic rings. The third-order valence-corrected chi connectivity index (χ3v) is 5.37. The Balaban J connectivity index is 1.95. The van der Waals surface area contributed by atoms with Crippen molar-refractivity contribution in [1.29, 1.82) is 5.26 Å². The van der Waals surface area contributed by atoms with E-state index in [1.165, 1.54) is 4.90 Å². The standard InChI is InChI=1S/C25H29F2N3O3/c1-25(2,3)33-24(31)29-12-13-30(21(16-29)17-32-23(26)27)22(19-9-5-4-6-10-19)20-11-7-8-18(14-20)15-28/h4-11,14,21-23H,12-13,16-17H2,1-3H3/t21-,22?/m0/s1. The molecular formula is C25H29F2N3O3. The van der Waals surface area contributed by atoms with Crippen molar-refractivity contribution in [2.45, 2.75) is 45.1 Å². The Morgan fingerprint density at radius 3 is 2.45 bits per heavy atom. The molecule has 1 amide bonds. The molecule has 2 aromatic carbocycles. The molecular weight excluding hydrogens is 428 g/mol. The summed E-state index contributed by atoms with van der Waals surface area (Å²) in [5, 5.41) is 9.39. The molecule has 0 bridgehead atoms. The summed E-state index contributed by atoms with van der Waals surface area (Å²) in [6.07, 6.45) is -0.480. The lowest BCUT2D eigenvalue weighted by molar-refractivity contribution is -0.147. The predicted molar refractivity (Wildman–Crippen MR) is 120 cm³/mol. The average molecular weight is 458 g/mol. The van der Waals surface area contributed by atoms with E-state index in [0.717, 1.165) is 11.1 Å². The van der Waals surface area contributed by atoms with Crippen LogP contribution in [0.3, 0.4) is 0 Å². The van der Waals surface area contributed by atoms with Gasteiger partial charge in [0.25, 0.3) is 0 Å². The smallest absolute Gasteiger partial charge is 0.410 e. The van der Waals surface area contributed by atoms with Crippen molar-refractivity contribution in [2.24, 2.45) is 0 Å². The van der Waals surface area contributed by atoms with E-state index in [0.29, 0.717) is 18.7 Å². The van der Waals surface area contributed by atoms with Gasteiger partial charge < -0.3 is 14.4 Å². The van der Waals surface area contributed by atoms with Crippen LogP contribution in [0, 0.1) is 11.3 Å². The van der Waals surface area contributed by atoms with Gasteiger partial charge >= 0.3 is 12.7 Å². The van der Waals surface area contributed by atoms with Gasteiger partial charge in [0.2, 0.25) is 0 Å². The number of nitriles is 1. The SMILES string of the molecule is CC(C)(C)OC(=O)N1CCN(C(c2ccccc2)c2cccc(C#N)c2)[C@H](COC(F)F)C1. The first-order valence-electron chi connectivity index (χ1n) is 10.9. The Bertz CT molecular complexity index is 973. The molecule has 6 nitrogen and oxygen atoms in total. The fourth-order valence-electron chi connectivity index (χ4n) is 4.02. The molecule has 0 saturated carbocycles. The minimum Gasteiger partial charge on any atom is -0.444 e. The Labute approximate surface area is 193 Å². The predicted octanol–water partition coefficient (Wildman–Crippen LogP) is 4.81. The van der Waals surface area contributed by atoms with E-state index in [-0.39, 0.29) is 19.2 Å². The van der Waals surface area contributed by atoms with Crippen molar-refractivity contribution in [2.75, 3.05) is 26.2 Å². The van der Waals surface area contributed by atoms with Gasteiger partial charge in [-0.1, -0.05) is 42.5 Å². The normalized spacial score (nSPS) is 18.1. The maximum absolute atomic E-state index is 13.0. The van der Waals surface area contributed by atoms with Gasteiger partial charge in [-0.05, 0) is 44.0 Å². The van der Waals surface area contributed by atoms with E-state index in [1.54, 1.807) is 26.8 Å². The molecule has 1 fully saturated rings. The van der Waals surface area contributed by atoms with E-state index < -0.39 is 24.3 Å². The maximum Gasteiger partial charge on any atom is 0.410 e. The minimum atomic E-state index is -2.92. The van der Waals surface area contributed by atoms with Gasteiger partial charge in [0.15, 0.2) is 0 Å². The van der Waals surface area contributed by atoms with E-state index in [9.17, 15) is 18.8 Å². The molecule has 0 radical (unpaired) electrons. The number of amides is 1. The lowest BCUT2D eigenvalue weighted by atomic mass is 9.93. The highest BCUT2D eigenvalue weighted by Crippen LogP contribution is 2.33. The van der Waals surface area contributed by atoms with Crippen LogP contribution in [0.2, 0.25) is 0 Å². The number of carbonyl (C=O) groups excluding carboxylic acids is 1. The zero-order valence-corrected chi connectivity index (χ0v) is 19.1. The van der Waals surface area contributed by atoms with Crippen molar-refractivity contribution in [1.82, 2.24) is 9.80 Å². The first-order valence-corrected chi connectivity index (χ1v) is 10.9. The van der Waals surface area contributed by atoms with E-state index >= 15 is 0 Å². The van der Waals surface area contributed by atoms with E-state index in [1.807, 2.05) is 48.5 Å². The number of nitrogens with zero attached hydrogens (tertiary/aromatic N) is 3. The van der Waals surface area contributed by atoms with Crippen LogP contribution >= 0.6 is 0 Å². The molecule has 1 aliphatic heterocycles. The lowest BCUT2D eigenvalue weighted by Gasteiger charge is -2.45. The van der Waals surface area contributed by atoms with Crippen LogP contribution in [-0.4, -0.2) is 60.4 Å². The first-order chi connectivity index (χ1) is 15.7. The molecule has 33 heavy (non-hydrogen) atoms. The Morgan fingerprint density at radius 2 is 1.82 bits per heavy atom. The molecule has 1 heterocycles. The van der Waals surface area contributed by atoms with Crippen LogP contribution in [0.1, 0.15) is 43.5 Å². The largest absolute Gasteiger partial charge is 0.444 e. The van der Waals surface area contributed by atoms with Crippen LogP contribution in [-0.2, 0) is 9.47 Å². The molecule has 0 spiro atoms. The van der Waals surface area contributed by atoms with Crippen molar-refractivity contribution in [3.63, 3.8) is 0 Å². The zero-order valence-electron chi connectivity index (χ0n) is 19.1.